The third kappa shape index (κ3) is 3.35. The first-order valence-electron chi connectivity index (χ1n) is 6.24. The molecule has 2 aromatic carbocycles. The van der Waals surface area contributed by atoms with E-state index in [9.17, 15) is 0 Å². The Morgan fingerprint density at radius 2 is 1.71 bits per heavy atom. The van der Waals surface area contributed by atoms with Gasteiger partial charge in [0, 0.05) is 19.1 Å². The van der Waals surface area contributed by atoms with Gasteiger partial charge in [-0.1, -0.05) is 43.5 Å². The van der Waals surface area contributed by atoms with E-state index in [-0.39, 0.29) is 4.83 Å². The highest BCUT2D eigenvalue weighted by Gasteiger charge is 2.21. The Morgan fingerprint density at radius 1 is 1.05 bits per heavy atom. The summed E-state index contributed by atoms with van der Waals surface area (Å²) in [5, 5.41) is 0.659. The van der Waals surface area contributed by atoms with Gasteiger partial charge in [0.2, 0.25) is 0 Å². The third-order valence-corrected chi connectivity index (χ3v) is 5.87. The van der Waals surface area contributed by atoms with E-state index in [0.29, 0.717) is 24.0 Å². The second-order valence-corrected chi connectivity index (χ2v) is 7.97. The Hall–Kier alpha value is 0.0200. The molecule has 1 unspecified atom stereocenters. The first kappa shape index (κ1) is 15.9. The largest absolute Gasteiger partial charge is 0.486 e. The van der Waals surface area contributed by atoms with Gasteiger partial charge >= 0.3 is 0 Å². The normalized spacial score (nSPS) is 14.9. The Balaban J connectivity index is 2.05. The lowest BCUT2D eigenvalue weighted by atomic mass is 10.0. The molecule has 0 saturated heterocycles. The zero-order valence-electron chi connectivity index (χ0n) is 10.7. The molecule has 21 heavy (non-hydrogen) atoms. The Labute approximate surface area is 158 Å². The Bertz CT molecular complexity index is 694. The van der Waals surface area contributed by atoms with Crippen LogP contribution in [0.2, 0.25) is 5.02 Å². The van der Waals surface area contributed by atoms with Crippen molar-refractivity contribution in [1.82, 2.24) is 0 Å². The number of hydrogen-bond acceptors (Lipinski definition) is 2. The molecule has 0 bridgehead atoms. The van der Waals surface area contributed by atoms with Crippen LogP contribution in [0.25, 0.3) is 0 Å². The van der Waals surface area contributed by atoms with Crippen molar-refractivity contribution in [2.45, 2.75) is 4.83 Å². The minimum absolute atomic E-state index is 0.0232. The van der Waals surface area contributed by atoms with E-state index >= 15 is 0 Å². The number of fused-ring (bicyclic) bond motifs is 1. The van der Waals surface area contributed by atoms with Gasteiger partial charge in [-0.25, -0.2) is 0 Å². The van der Waals surface area contributed by atoms with Crippen LogP contribution in [-0.2, 0) is 0 Å². The fraction of sp³-hybridized carbons (Fsp3) is 0.200. The zero-order chi connectivity index (χ0) is 15.0. The van der Waals surface area contributed by atoms with E-state index < -0.39 is 0 Å². The van der Waals surface area contributed by atoms with Gasteiger partial charge in [0.15, 0.2) is 11.5 Å². The van der Waals surface area contributed by atoms with Crippen LogP contribution in [0.4, 0.5) is 0 Å². The number of halogens is 4. The van der Waals surface area contributed by atoms with Crippen LogP contribution in [-0.4, -0.2) is 13.2 Å². The van der Waals surface area contributed by atoms with E-state index in [1.165, 1.54) is 3.57 Å². The van der Waals surface area contributed by atoms with Gasteiger partial charge in [0.25, 0.3) is 0 Å². The second kappa shape index (κ2) is 6.64. The van der Waals surface area contributed by atoms with Gasteiger partial charge in [0.1, 0.15) is 13.2 Å². The van der Waals surface area contributed by atoms with Crippen molar-refractivity contribution in [3.63, 3.8) is 0 Å². The van der Waals surface area contributed by atoms with Gasteiger partial charge < -0.3 is 9.47 Å². The topological polar surface area (TPSA) is 18.5 Å². The summed E-state index contributed by atoms with van der Waals surface area (Å²) in [7, 11) is 0. The Kier molecular flexibility index (Phi) is 5.03. The molecule has 0 radical (unpaired) electrons. The lowest BCUT2D eigenvalue weighted by Crippen LogP contribution is -2.15. The standard InChI is InChI=1S/C15H10Br2ClIO2/c16-11-2-1-8(19)5-9(11)15(17)10-6-13-14(7-12(10)18)21-4-3-20-13/h1-2,5-7,15H,3-4H2. The molecule has 1 atom stereocenters. The minimum Gasteiger partial charge on any atom is -0.486 e. The summed E-state index contributed by atoms with van der Waals surface area (Å²) in [6, 6.07) is 9.98. The first-order chi connectivity index (χ1) is 10.1. The van der Waals surface area contributed by atoms with Gasteiger partial charge in [0.05, 0.1) is 4.83 Å². The predicted molar refractivity (Wildman–Crippen MR) is 100 cm³/mol. The molecular weight excluding hydrogens is 534 g/mol. The minimum atomic E-state index is -0.0232. The molecule has 110 valence electrons. The molecule has 6 heteroatoms. The van der Waals surface area contributed by atoms with Crippen LogP contribution in [0, 0.1) is 3.57 Å². The van der Waals surface area contributed by atoms with Crippen LogP contribution in [0.1, 0.15) is 16.0 Å². The highest BCUT2D eigenvalue weighted by Crippen LogP contribution is 2.44. The zero-order valence-corrected chi connectivity index (χ0v) is 16.8. The highest BCUT2D eigenvalue weighted by atomic mass is 127. The molecule has 1 aliphatic heterocycles. The maximum Gasteiger partial charge on any atom is 0.162 e. The molecule has 0 amide bonds. The van der Waals surface area contributed by atoms with Gasteiger partial charge in [-0.15, -0.1) is 0 Å². The molecule has 2 aromatic rings. The molecule has 0 spiro atoms. The average Bonchev–Trinajstić information content (AvgIpc) is 2.48. The molecule has 2 nitrogen and oxygen atoms in total. The fourth-order valence-electron chi connectivity index (χ4n) is 2.15. The summed E-state index contributed by atoms with van der Waals surface area (Å²) in [6.45, 7) is 1.12. The third-order valence-electron chi connectivity index (χ3n) is 3.17. The van der Waals surface area contributed by atoms with Crippen LogP contribution in [0.5, 0.6) is 11.5 Å². The number of benzene rings is 2. The number of ether oxygens (including phenoxy) is 2. The summed E-state index contributed by atoms with van der Waals surface area (Å²) in [4.78, 5) is -0.0232. The summed E-state index contributed by atoms with van der Waals surface area (Å²) in [5.74, 6) is 1.45. The molecule has 1 aliphatic rings. The molecule has 0 aromatic heterocycles. The molecule has 0 N–H and O–H groups in total. The predicted octanol–water partition coefficient (Wildman–Crippen LogP) is 5.96. The SMILES string of the molecule is Clc1cc2c(cc1C(Br)c1cc(I)ccc1Br)OCCO2. The van der Waals surface area contributed by atoms with E-state index in [2.05, 4.69) is 66.6 Å². The summed E-state index contributed by atoms with van der Waals surface area (Å²) in [5.41, 5.74) is 2.09. The molecule has 3 rings (SSSR count). The molecule has 0 aliphatic carbocycles. The number of alkyl halides is 1. The van der Waals surface area contributed by atoms with Crippen molar-refractivity contribution >= 4 is 66.1 Å². The van der Waals surface area contributed by atoms with Crippen molar-refractivity contribution < 1.29 is 9.47 Å². The lowest BCUT2D eigenvalue weighted by Gasteiger charge is -2.22. The van der Waals surface area contributed by atoms with Crippen LogP contribution in [0.15, 0.2) is 34.8 Å². The van der Waals surface area contributed by atoms with Crippen LogP contribution in [0.3, 0.4) is 0 Å². The van der Waals surface area contributed by atoms with Crippen LogP contribution < -0.4 is 9.47 Å². The van der Waals surface area contributed by atoms with Crippen molar-refractivity contribution in [3.8, 4) is 11.5 Å². The molecule has 0 saturated carbocycles. The fourth-order valence-corrected chi connectivity index (χ4v) is 4.60. The van der Waals surface area contributed by atoms with Crippen molar-refractivity contribution in [2.24, 2.45) is 0 Å². The summed E-state index contributed by atoms with van der Waals surface area (Å²) >= 11 is 16.1. The summed E-state index contributed by atoms with van der Waals surface area (Å²) in [6.07, 6.45) is 0. The van der Waals surface area contributed by atoms with E-state index in [4.69, 9.17) is 21.1 Å². The van der Waals surface area contributed by atoms with E-state index in [1.807, 2.05) is 18.2 Å². The molecular formula is C15H10Br2ClIO2. The van der Waals surface area contributed by atoms with Crippen molar-refractivity contribution in [2.75, 3.05) is 13.2 Å². The lowest BCUT2D eigenvalue weighted by molar-refractivity contribution is 0.171. The van der Waals surface area contributed by atoms with Crippen molar-refractivity contribution in [3.05, 3.63) is 54.5 Å². The molecule has 0 fully saturated rings. The van der Waals surface area contributed by atoms with E-state index in [0.717, 1.165) is 21.3 Å². The second-order valence-electron chi connectivity index (χ2n) is 4.55. The monoisotopic (exact) mass is 542 g/mol. The quantitative estimate of drug-likeness (QED) is 0.343. The average molecular weight is 544 g/mol. The van der Waals surface area contributed by atoms with Gasteiger partial charge in [-0.05, 0) is 58.0 Å². The number of rotatable bonds is 2. The van der Waals surface area contributed by atoms with Crippen molar-refractivity contribution in [1.29, 1.82) is 0 Å². The maximum absolute atomic E-state index is 6.42. The highest BCUT2D eigenvalue weighted by molar-refractivity contribution is 14.1. The first-order valence-corrected chi connectivity index (χ1v) is 9.41. The molecule has 1 heterocycles. The van der Waals surface area contributed by atoms with E-state index in [1.54, 1.807) is 0 Å². The smallest absolute Gasteiger partial charge is 0.162 e. The summed E-state index contributed by atoms with van der Waals surface area (Å²) < 4.78 is 13.4. The Morgan fingerprint density at radius 3 is 2.43 bits per heavy atom. The van der Waals surface area contributed by atoms with Gasteiger partial charge in [-0.2, -0.15) is 0 Å². The number of hydrogen-bond donors (Lipinski definition) is 0. The maximum atomic E-state index is 6.42. The van der Waals surface area contributed by atoms with Crippen LogP contribution >= 0.6 is 66.1 Å². The van der Waals surface area contributed by atoms with Gasteiger partial charge in [-0.3, -0.25) is 0 Å².